The van der Waals surface area contributed by atoms with Crippen molar-refractivity contribution in [3.05, 3.63) is 17.8 Å². The molecule has 2 aromatic rings. The highest BCUT2D eigenvalue weighted by Crippen LogP contribution is 2.36. The Morgan fingerprint density at radius 1 is 1.31 bits per heavy atom. The summed E-state index contributed by atoms with van der Waals surface area (Å²) in [5.74, 6) is 0.532. The van der Waals surface area contributed by atoms with Gasteiger partial charge in [0.2, 0.25) is 0 Å². The molecule has 1 N–H and O–H groups in total. The molecule has 0 aliphatic rings. The molecule has 2 heterocycles. The van der Waals surface area contributed by atoms with E-state index in [1.165, 1.54) is 6.92 Å². The maximum absolute atomic E-state index is 11.2. The second kappa shape index (κ2) is 7.81. The maximum Gasteiger partial charge on any atom is 0.303 e. The van der Waals surface area contributed by atoms with Crippen LogP contribution in [-0.4, -0.2) is 45.5 Å². The minimum atomic E-state index is -1.87. The summed E-state index contributed by atoms with van der Waals surface area (Å²) in [4.78, 5) is 24.0. The predicted molar refractivity (Wildman–Crippen MR) is 99.9 cm³/mol. The number of aliphatic hydroxyl groups excluding tert-OH is 1. The summed E-state index contributed by atoms with van der Waals surface area (Å²) in [6, 6.07) is 0. The first-order valence-electron chi connectivity index (χ1n) is 8.64. The lowest BCUT2D eigenvalue weighted by atomic mass is 10.2. The van der Waals surface area contributed by atoms with Crippen molar-refractivity contribution < 1.29 is 19.1 Å². The Hall–Kier alpha value is -1.84. The summed E-state index contributed by atoms with van der Waals surface area (Å²) in [6.45, 7) is 13.2. The number of aliphatic hydroxyl groups is 1. The normalized spacial score (nSPS) is 12.6. The van der Waals surface area contributed by atoms with Crippen molar-refractivity contribution in [2.75, 3.05) is 6.61 Å². The number of esters is 1. The number of carbonyl (C=O) groups excluding carboxylic acids is 1. The van der Waals surface area contributed by atoms with Gasteiger partial charge in [-0.05, 0) is 18.1 Å². The molecule has 0 spiro atoms. The third kappa shape index (κ3) is 4.66. The number of aromatic nitrogens is 4. The van der Waals surface area contributed by atoms with Crippen molar-refractivity contribution in [3.63, 3.8) is 0 Å². The van der Waals surface area contributed by atoms with Gasteiger partial charge in [0.25, 0.3) is 0 Å². The fraction of sp³-hybridized carbons (Fsp3) is 0.647. The summed E-state index contributed by atoms with van der Waals surface area (Å²) in [5, 5.41) is 9.42. The van der Waals surface area contributed by atoms with Crippen molar-refractivity contribution >= 4 is 25.5 Å². The van der Waals surface area contributed by atoms with Gasteiger partial charge in [-0.1, -0.05) is 20.8 Å². The van der Waals surface area contributed by atoms with Crippen LogP contribution < -0.4 is 0 Å². The highest BCUT2D eigenvalue weighted by atomic mass is 28.4. The van der Waals surface area contributed by atoms with Gasteiger partial charge in [-0.2, -0.15) is 0 Å². The maximum atomic E-state index is 11.2. The molecule has 26 heavy (non-hydrogen) atoms. The van der Waals surface area contributed by atoms with E-state index in [0.717, 1.165) is 0 Å². The molecule has 8 nitrogen and oxygen atoms in total. The fourth-order valence-corrected chi connectivity index (χ4v) is 3.23. The van der Waals surface area contributed by atoms with Gasteiger partial charge < -0.3 is 18.8 Å². The average molecular weight is 381 g/mol. The van der Waals surface area contributed by atoms with Crippen LogP contribution in [0.15, 0.2) is 6.20 Å². The highest BCUT2D eigenvalue weighted by molar-refractivity contribution is 6.74. The largest absolute Gasteiger partial charge is 0.458 e. The topological polar surface area (TPSA) is 99.4 Å². The van der Waals surface area contributed by atoms with E-state index in [0.29, 0.717) is 36.0 Å². The second-order valence-corrected chi connectivity index (χ2v) is 12.5. The Kier molecular flexibility index (Phi) is 6.15. The predicted octanol–water partition coefficient (Wildman–Crippen LogP) is 2.40. The number of fused-ring (bicyclic) bond motifs is 1. The van der Waals surface area contributed by atoms with Crippen molar-refractivity contribution in [2.45, 2.75) is 65.6 Å². The molecule has 0 unspecified atom stereocenters. The molecule has 0 amide bonds. The van der Waals surface area contributed by atoms with Gasteiger partial charge in [-0.15, -0.1) is 0 Å². The average Bonchev–Trinajstić information content (AvgIpc) is 2.88. The molecule has 9 heteroatoms. The minimum Gasteiger partial charge on any atom is -0.458 e. The summed E-state index contributed by atoms with van der Waals surface area (Å²) in [5.41, 5.74) is 1.20. The highest BCUT2D eigenvalue weighted by Gasteiger charge is 2.37. The lowest BCUT2D eigenvalue weighted by Crippen LogP contribution is -2.41. The zero-order valence-electron chi connectivity index (χ0n) is 16.4. The van der Waals surface area contributed by atoms with E-state index in [4.69, 9.17) is 9.16 Å². The van der Waals surface area contributed by atoms with E-state index in [-0.39, 0.29) is 24.2 Å². The van der Waals surface area contributed by atoms with Crippen molar-refractivity contribution in [2.24, 2.45) is 0 Å². The van der Waals surface area contributed by atoms with Crippen molar-refractivity contribution in [1.29, 1.82) is 0 Å². The Balaban J connectivity index is 2.27. The van der Waals surface area contributed by atoms with Crippen LogP contribution in [0.1, 0.15) is 39.3 Å². The van der Waals surface area contributed by atoms with Crippen LogP contribution in [0, 0.1) is 0 Å². The molecule has 144 valence electrons. The molecule has 0 saturated heterocycles. The number of nitrogens with zero attached hydrogens (tertiary/aromatic N) is 4. The first-order chi connectivity index (χ1) is 12.0. The number of rotatable bonds is 7. The molecule has 0 bridgehead atoms. The number of ether oxygens (including phenoxy) is 1. The first-order valence-corrected chi connectivity index (χ1v) is 11.5. The number of hydrogen-bond acceptors (Lipinski definition) is 7. The van der Waals surface area contributed by atoms with Crippen LogP contribution in [0.3, 0.4) is 0 Å². The number of imidazole rings is 1. The Labute approximate surface area is 154 Å². The third-order valence-corrected chi connectivity index (χ3v) is 9.28. The first kappa shape index (κ1) is 20.5. The van der Waals surface area contributed by atoms with Crippen LogP contribution in [0.4, 0.5) is 0 Å². The lowest BCUT2D eigenvalue weighted by Gasteiger charge is -2.36. The Morgan fingerprint density at radius 2 is 2.00 bits per heavy atom. The molecule has 0 saturated carbocycles. The van der Waals surface area contributed by atoms with E-state index >= 15 is 0 Å². The van der Waals surface area contributed by atoms with Crippen LogP contribution in [-0.2, 0) is 33.7 Å². The zero-order valence-corrected chi connectivity index (χ0v) is 17.4. The molecule has 2 aromatic heterocycles. The standard InChI is InChI=1S/C17H28N4O4Si/c1-12(23)24-11-15-19-13-9-18-14(10-22)20-16(13)21(15)7-8-25-26(5,6)17(2,3)4/h9,22H,7-8,10-11H2,1-6H3. The number of hydrogen-bond donors (Lipinski definition) is 1. The molecular weight excluding hydrogens is 352 g/mol. The van der Waals surface area contributed by atoms with Gasteiger partial charge in [-0.3, -0.25) is 4.79 Å². The van der Waals surface area contributed by atoms with E-state index in [9.17, 15) is 9.90 Å². The van der Waals surface area contributed by atoms with Crippen molar-refractivity contribution in [3.8, 4) is 0 Å². The molecule has 0 fully saturated rings. The quantitative estimate of drug-likeness (QED) is 0.581. The molecular formula is C17H28N4O4Si. The molecule has 0 atom stereocenters. The van der Waals surface area contributed by atoms with Gasteiger partial charge in [0.1, 0.15) is 24.6 Å². The SMILES string of the molecule is CC(=O)OCc1nc2cnc(CO)nc2n1CCO[Si](C)(C)C(C)(C)C. The summed E-state index contributed by atoms with van der Waals surface area (Å²) < 4.78 is 13.2. The smallest absolute Gasteiger partial charge is 0.303 e. The lowest BCUT2D eigenvalue weighted by molar-refractivity contribution is -0.142. The minimum absolute atomic E-state index is 0.0558. The monoisotopic (exact) mass is 380 g/mol. The van der Waals surface area contributed by atoms with E-state index < -0.39 is 8.32 Å². The summed E-state index contributed by atoms with van der Waals surface area (Å²) >= 11 is 0. The van der Waals surface area contributed by atoms with Gasteiger partial charge in [0.05, 0.1) is 12.8 Å². The van der Waals surface area contributed by atoms with Gasteiger partial charge >= 0.3 is 5.97 Å². The molecule has 0 aliphatic carbocycles. The Bertz CT molecular complexity index is 783. The fourth-order valence-electron chi connectivity index (χ4n) is 2.20. The zero-order chi connectivity index (χ0) is 19.5. The van der Waals surface area contributed by atoms with Crippen LogP contribution in [0.5, 0.6) is 0 Å². The summed E-state index contributed by atoms with van der Waals surface area (Å²) in [7, 11) is -1.87. The molecule has 0 radical (unpaired) electrons. The molecule has 0 aromatic carbocycles. The van der Waals surface area contributed by atoms with Gasteiger partial charge in [0, 0.05) is 13.5 Å². The Morgan fingerprint density at radius 3 is 2.58 bits per heavy atom. The number of carbonyl (C=O) groups is 1. The van der Waals surface area contributed by atoms with Gasteiger partial charge in [-0.25, -0.2) is 15.0 Å². The van der Waals surface area contributed by atoms with Gasteiger partial charge in [0.15, 0.2) is 19.8 Å². The summed E-state index contributed by atoms with van der Waals surface area (Å²) in [6.07, 6.45) is 1.57. The third-order valence-electron chi connectivity index (χ3n) is 4.75. The molecule has 2 rings (SSSR count). The van der Waals surface area contributed by atoms with Crippen LogP contribution >= 0.6 is 0 Å². The molecule has 0 aliphatic heterocycles. The van der Waals surface area contributed by atoms with Crippen LogP contribution in [0.2, 0.25) is 18.1 Å². The van der Waals surface area contributed by atoms with Crippen molar-refractivity contribution in [1.82, 2.24) is 19.5 Å². The van der Waals surface area contributed by atoms with Crippen LogP contribution in [0.25, 0.3) is 11.2 Å². The second-order valence-electron chi connectivity index (χ2n) is 7.72. The van der Waals surface area contributed by atoms with E-state index in [2.05, 4.69) is 48.8 Å². The van der Waals surface area contributed by atoms with E-state index in [1.54, 1.807) is 6.20 Å². The van der Waals surface area contributed by atoms with E-state index in [1.807, 2.05) is 4.57 Å².